The fourth-order valence-electron chi connectivity index (χ4n) is 1.59. The van der Waals surface area contributed by atoms with Crippen molar-refractivity contribution in [1.82, 2.24) is 10.2 Å². The summed E-state index contributed by atoms with van der Waals surface area (Å²) in [5.74, 6) is 0.950. The number of hydrogen-bond donors (Lipinski definition) is 0. The summed E-state index contributed by atoms with van der Waals surface area (Å²) in [7, 11) is 0. The maximum atomic E-state index is 5.46. The maximum absolute atomic E-state index is 5.46. The van der Waals surface area contributed by atoms with Gasteiger partial charge in [0.2, 0.25) is 0 Å². The van der Waals surface area contributed by atoms with Crippen LogP contribution >= 0.6 is 0 Å². The van der Waals surface area contributed by atoms with E-state index in [1.54, 1.807) is 0 Å². The van der Waals surface area contributed by atoms with Gasteiger partial charge >= 0.3 is 0 Å². The Labute approximate surface area is 83.9 Å². The summed E-state index contributed by atoms with van der Waals surface area (Å²) in [5.41, 5.74) is 0.954. The molecule has 4 heteroatoms. The van der Waals surface area contributed by atoms with Crippen LogP contribution in [-0.4, -0.2) is 36.0 Å². The number of nitrogens with zero attached hydrogens (tertiary/aromatic N) is 3. The van der Waals surface area contributed by atoms with Crippen molar-refractivity contribution < 1.29 is 4.74 Å². The third-order valence-corrected chi connectivity index (χ3v) is 2.35. The van der Waals surface area contributed by atoms with Gasteiger partial charge in [-0.3, -0.25) is 0 Å². The van der Waals surface area contributed by atoms with Crippen LogP contribution in [0.5, 0.6) is 0 Å². The molecule has 0 amide bonds. The molecule has 0 radical (unpaired) electrons. The first kappa shape index (κ1) is 9.40. The lowest BCUT2D eigenvalue weighted by atomic mass is 10.3. The average molecular weight is 193 g/mol. The molecule has 2 heterocycles. The van der Waals surface area contributed by atoms with Crippen LogP contribution in [-0.2, 0) is 4.74 Å². The van der Waals surface area contributed by atoms with Crippen molar-refractivity contribution in [3.05, 3.63) is 17.8 Å². The second-order valence-electron chi connectivity index (χ2n) is 3.66. The molecule has 1 aliphatic heterocycles. The second-order valence-corrected chi connectivity index (χ2v) is 3.66. The second kappa shape index (κ2) is 3.92. The van der Waals surface area contributed by atoms with E-state index in [0.29, 0.717) is 0 Å². The highest BCUT2D eigenvalue weighted by atomic mass is 16.5. The molecule has 2 rings (SSSR count). The molecule has 0 aromatic carbocycles. The molecule has 1 fully saturated rings. The summed E-state index contributed by atoms with van der Waals surface area (Å²) in [5, 5.41) is 8.20. The van der Waals surface area contributed by atoms with Gasteiger partial charge in [0.15, 0.2) is 5.82 Å². The predicted molar refractivity (Wildman–Crippen MR) is 54.4 cm³/mol. The number of ether oxygens (including phenoxy) is 1. The van der Waals surface area contributed by atoms with Gasteiger partial charge in [0.1, 0.15) is 0 Å². The third kappa shape index (κ3) is 2.01. The summed E-state index contributed by atoms with van der Waals surface area (Å²) >= 11 is 0. The molecule has 1 saturated heterocycles. The molecule has 1 aromatic rings. The maximum Gasteiger partial charge on any atom is 0.151 e. The van der Waals surface area contributed by atoms with E-state index in [2.05, 4.69) is 22.0 Å². The molecular formula is C10H15N3O. The van der Waals surface area contributed by atoms with Crippen LogP contribution in [0.25, 0.3) is 0 Å². The van der Waals surface area contributed by atoms with Crippen molar-refractivity contribution in [2.45, 2.75) is 20.0 Å². The first-order chi connectivity index (χ1) is 6.75. The third-order valence-electron chi connectivity index (χ3n) is 2.35. The van der Waals surface area contributed by atoms with Gasteiger partial charge in [0.05, 0.1) is 18.4 Å². The van der Waals surface area contributed by atoms with E-state index in [4.69, 9.17) is 4.74 Å². The van der Waals surface area contributed by atoms with Crippen molar-refractivity contribution in [2.75, 3.05) is 24.6 Å². The van der Waals surface area contributed by atoms with Crippen LogP contribution in [0.1, 0.15) is 12.6 Å². The van der Waals surface area contributed by atoms with E-state index in [0.717, 1.165) is 31.2 Å². The Morgan fingerprint density at radius 2 is 2.29 bits per heavy atom. The van der Waals surface area contributed by atoms with Crippen LogP contribution in [0.2, 0.25) is 0 Å². The highest BCUT2D eigenvalue weighted by Crippen LogP contribution is 2.13. The molecular weight excluding hydrogens is 178 g/mol. The molecule has 14 heavy (non-hydrogen) atoms. The van der Waals surface area contributed by atoms with E-state index >= 15 is 0 Å². The molecule has 0 aliphatic carbocycles. The number of anilines is 1. The summed E-state index contributed by atoms with van der Waals surface area (Å²) in [4.78, 5) is 2.21. The molecule has 4 nitrogen and oxygen atoms in total. The molecule has 76 valence electrons. The molecule has 1 unspecified atom stereocenters. The molecule has 1 aromatic heterocycles. The minimum atomic E-state index is 0.284. The fourth-order valence-corrected chi connectivity index (χ4v) is 1.59. The number of hydrogen-bond acceptors (Lipinski definition) is 4. The first-order valence-corrected chi connectivity index (χ1v) is 4.92. The van der Waals surface area contributed by atoms with Gasteiger partial charge in [-0.1, -0.05) is 0 Å². The van der Waals surface area contributed by atoms with Gasteiger partial charge in [-0.25, -0.2) is 0 Å². The number of aryl methyl sites for hydroxylation is 1. The van der Waals surface area contributed by atoms with Crippen molar-refractivity contribution in [1.29, 1.82) is 0 Å². The van der Waals surface area contributed by atoms with E-state index in [1.165, 1.54) is 0 Å². The van der Waals surface area contributed by atoms with Crippen LogP contribution in [0, 0.1) is 6.92 Å². The highest BCUT2D eigenvalue weighted by Gasteiger charge is 2.17. The lowest BCUT2D eigenvalue weighted by molar-refractivity contribution is 0.0529. The molecule has 1 atom stereocenters. The van der Waals surface area contributed by atoms with E-state index in [-0.39, 0.29) is 6.10 Å². The number of aromatic nitrogens is 2. The van der Waals surface area contributed by atoms with E-state index < -0.39 is 0 Å². The first-order valence-electron chi connectivity index (χ1n) is 4.92. The predicted octanol–water partition coefficient (Wildman–Crippen LogP) is 1.01. The lowest BCUT2D eigenvalue weighted by Gasteiger charge is -2.31. The Hall–Kier alpha value is -1.16. The quantitative estimate of drug-likeness (QED) is 0.667. The highest BCUT2D eigenvalue weighted by molar-refractivity contribution is 5.37. The minimum Gasteiger partial charge on any atom is -0.375 e. The smallest absolute Gasteiger partial charge is 0.151 e. The zero-order valence-electron chi connectivity index (χ0n) is 8.60. The summed E-state index contributed by atoms with van der Waals surface area (Å²) < 4.78 is 5.46. The Balaban J connectivity index is 2.10. The van der Waals surface area contributed by atoms with Crippen molar-refractivity contribution >= 4 is 5.82 Å². The van der Waals surface area contributed by atoms with Gasteiger partial charge < -0.3 is 9.64 Å². The van der Waals surface area contributed by atoms with Crippen LogP contribution in [0.3, 0.4) is 0 Å². The Morgan fingerprint density at radius 3 is 2.93 bits per heavy atom. The molecule has 1 aliphatic rings. The van der Waals surface area contributed by atoms with E-state index in [1.807, 2.05) is 19.1 Å². The van der Waals surface area contributed by atoms with Crippen LogP contribution < -0.4 is 4.90 Å². The van der Waals surface area contributed by atoms with Gasteiger partial charge in [-0.15, -0.1) is 5.10 Å². The van der Waals surface area contributed by atoms with Crippen molar-refractivity contribution in [3.8, 4) is 0 Å². The normalized spacial score (nSPS) is 22.4. The Kier molecular flexibility index (Phi) is 2.63. The SMILES string of the molecule is Cc1ccc(N2CCOC(C)C2)nn1. The lowest BCUT2D eigenvalue weighted by Crippen LogP contribution is -2.41. The topological polar surface area (TPSA) is 38.2 Å². The van der Waals surface area contributed by atoms with Crippen molar-refractivity contribution in [2.24, 2.45) is 0 Å². The summed E-state index contributed by atoms with van der Waals surface area (Å²) in [6.45, 7) is 6.60. The van der Waals surface area contributed by atoms with Gasteiger partial charge in [0, 0.05) is 13.1 Å². The Bertz CT molecular complexity index is 299. The summed E-state index contributed by atoms with van der Waals surface area (Å²) in [6, 6.07) is 4.00. The van der Waals surface area contributed by atoms with Gasteiger partial charge in [-0.05, 0) is 26.0 Å². The summed E-state index contributed by atoms with van der Waals surface area (Å²) in [6.07, 6.45) is 0.284. The monoisotopic (exact) mass is 193 g/mol. The standard InChI is InChI=1S/C10H15N3O/c1-8-3-4-10(12-11-8)13-5-6-14-9(2)7-13/h3-4,9H,5-7H2,1-2H3. The zero-order valence-corrected chi connectivity index (χ0v) is 8.60. The average Bonchev–Trinajstić information content (AvgIpc) is 2.19. The van der Waals surface area contributed by atoms with Gasteiger partial charge in [-0.2, -0.15) is 5.10 Å². The number of rotatable bonds is 1. The molecule has 0 bridgehead atoms. The molecule has 0 spiro atoms. The minimum absolute atomic E-state index is 0.284. The van der Waals surface area contributed by atoms with Gasteiger partial charge in [0.25, 0.3) is 0 Å². The molecule has 0 saturated carbocycles. The fraction of sp³-hybridized carbons (Fsp3) is 0.600. The van der Waals surface area contributed by atoms with Crippen LogP contribution in [0.4, 0.5) is 5.82 Å². The van der Waals surface area contributed by atoms with Crippen molar-refractivity contribution in [3.63, 3.8) is 0 Å². The Morgan fingerprint density at radius 1 is 1.43 bits per heavy atom. The van der Waals surface area contributed by atoms with Crippen LogP contribution in [0.15, 0.2) is 12.1 Å². The van der Waals surface area contributed by atoms with E-state index in [9.17, 15) is 0 Å². The zero-order chi connectivity index (χ0) is 9.97. The molecule has 0 N–H and O–H groups in total. The number of morpholine rings is 1. The largest absolute Gasteiger partial charge is 0.375 e.